The average Bonchev–Trinajstić information content (AvgIpc) is 2.72. The van der Waals surface area contributed by atoms with Crippen molar-refractivity contribution in [1.29, 1.82) is 0 Å². The van der Waals surface area contributed by atoms with E-state index in [1.165, 1.54) is 0 Å². The third-order valence-electron chi connectivity index (χ3n) is 3.36. The average molecular weight is 238 g/mol. The zero-order valence-corrected chi connectivity index (χ0v) is 11.1. The van der Waals surface area contributed by atoms with Gasteiger partial charge in [0.1, 0.15) is 0 Å². The second-order valence-corrected chi connectivity index (χ2v) is 4.29. The van der Waals surface area contributed by atoms with Crippen molar-refractivity contribution in [1.82, 2.24) is 15.1 Å². The number of aryl methyl sites for hydroxylation is 1. The van der Waals surface area contributed by atoms with Crippen LogP contribution in [0.15, 0.2) is 12.3 Å². The van der Waals surface area contributed by atoms with Gasteiger partial charge in [-0.2, -0.15) is 5.10 Å². The molecule has 1 heterocycles. The Morgan fingerprint density at radius 2 is 1.94 bits per heavy atom. The molecule has 1 aromatic rings. The van der Waals surface area contributed by atoms with Crippen molar-refractivity contribution < 1.29 is 4.79 Å². The summed E-state index contributed by atoms with van der Waals surface area (Å²) in [5.41, 5.74) is -0.112. The number of hydrogen-bond acceptors (Lipinski definition) is 2. The molecule has 1 rings (SSSR count). The second kappa shape index (κ2) is 5.70. The molecule has 0 atom stereocenters. The van der Waals surface area contributed by atoms with Gasteiger partial charge < -0.3 is 5.32 Å². The normalized spacial score (nSPS) is 11.3. The predicted octanol–water partition coefficient (Wildman–Crippen LogP) is 2.51. The van der Waals surface area contributed by atoms with E-state index in [9.17, 15) is 4.79 Å². The van der Waals surface area contributed by atoms with Gasteiger partial charge in [0.25, 0.3) is 0 Å². The van der Waals surface area contributed by atoms with Gasteiger partial charge in [0.2, 0.25) is 0 Å². The number of nitrogens with one attached hydrogen (secondary N) is 2. The van der Waals surface area contributed by atoms with Gasteiger partial charge in [-0.05, 0) is 19.3 Å². The van der Waals surface area contributed by atoms with Gasteiger partial charge >= 0.3 is 6.03 Å². The Morgan fingerprint density at radius 1 is 1.35 bits per heavy atom. The van der Waals surface area contributed by atoms with Crippen LogP contribution < -0.4 is 10.6 Å². The molecule has 0 unspecified atom stereocenters. The summed E-state index contributed by atoms with van der Waals surface area (Å²) in [5.74, 6) is 0.571. The minimum Gasteiger partial charge on any atom is -0.332 e. The van der Waals surface area contributed by atoms with Gasteiger partial charge in [-0.25, -0.2) is 4.79 Å². The maximum atomic E-state index is 11.8. The van der Waals surface area contributed by atoms with Crippen LogP contribution in [0.5, 0.6) is 0 Å². The first-order chi connectivity index (χ1) is 8.05. The van der Waals surface area contributed by atoms with Crippen LogP contribution in [-0.2, 0) is 7.05 Å². The minimum atomic E-state index is -0.186. The SMILES string of the molecule is CCC(CC)(CC)NC(=O)Nc1ccn(C)n1. The zero-order chi connectivity index (χ0) is 12.9. The van der Waals surface area contributed by atoms with Crippen LogP contribution >= 0.6 is 0 Å². The molecular weight excluding hydrogens is 216 g/mol. The van der Waals surface area contributed by atoms with Crippen LogP contribution in [0, 0.1) is 0 Å². The minimum absolute atomic E-state index is 0.112. The largest absolute Gasteiger partial charge is 0.332 e. The highest BCUT2D eigenvalue weighted by Gasteiger charge is 2.25. The van der Waals surface area contributed by atoms with Gasteiger partial charge in [-0.3, -0.25) is 10.00 Å². The van der Waals surface area contributed by atoms with Crippen molar-refractivity contribution in [2.75, 3.05) is 5.32 Å². The lowest BCUT2D eigenvalue weighted by Gasteiger charge is -2.31. The lowest BCUT2D eigenvalue weighted by molar-refractivity contribution is 0.229. The molecule has 0 aromatic carbocycles. The van der Waals surface area contributed by atoms with Crippen LogP contribution in [0.1, 0.15) is 40.0 Å². The number of amides is 2. The molecule has 0 aliphatic rings. The van der Waals surface area contributed by atoms with Crippen molar-refractivity contribution in [3.05, 3.63) is 12.3 Å². The molecule has 0 saturated carbocycles. The number of hydrogen-bond donors (Lipinski definition) is 2. The number of aromatic nitrogens is 2. The molecular formula is C12H22N4O. The third kappa shape index (κ3) is 3.47. The van der Waals surface area contributed by atoms with E-state index in [0.29, 0.717) is 5.82 Å². The van der Waals surface area contributed by atoms with E-state index in [1.807, 2.05) is 7.05 Å². The van der Waals surface area contributed by atoms with E-state index in [4.69, 9.17) is 0 Å². The zero-order valence-electron chi connectivity index (χ0n) is 11.1. The summed E-state index contributed by atoms with van der Waals surface area (Å²) in [6, 6.07) is 1.58. The number of urea groups is 1. The van der Waals surface area contributed by atoms with Crippen LogP contribution in [0.25, 0.3) is 0 Å². The third-order valence-corrected chi connectivity index (χ3v) is 3.36. The molecule has 0 radical (unpaired) electrons. The van der Waals surface area contributed by atoms with Gasteiger partial charge in [-0.1, -0.05) is 20.8 Å². The summed E-state index contributed by atoms with van der Waals surface area (Å²) >= 11 is 0. The predicted molar refractivity (Wildman–Crippen MR) is 69.0 cm³/mol. The maximum absolute atomic E-state index is 11.8. The van der Waals surface area contributed by atoms with E-state index < -0.39 is 0 Å². The Balaban J connectivity index is 2.59. The fourth-order valence-corrected chi connectivity index (χ4v) is 1.89. The Hall–Kier alpha value is -1.52. The molecule has 5 nitrogen and oxygen atoms in total. The van der Waals surface area contributed by atoms with Gasteiger partial charge in [0.15, 0.2) is 5.82 Å². The van der Waals surface area contributed by atoms with E-state index in [1.54, 1.807) is 16.9 Å². The summed E-state index contributed by atoms with van der Waals surface area (Å²) in [5, 5.41) is 9.88. The fourth-order valence-electron chi connectivity index (χ4n) is 1.89. The number of anilines is 1. The lowest BCUT2D eigenvalue weighted by atomic mass is 9.90. The summed E-state index contributed by atoms with van der Waals surface area (Å²) in [4.78, 5) is 11.8. The topological polar surface area (TPSA) is 59.0 Å². The fraction of sp³-hybridized carbons (Fsp3) is 0.667. The molecule has 0 aliphatic heterocycles. The molecule has 2 amide bonds. The Morgan fingerprint density at radius 3 is 2.35 bits per heavy atom. The highest BCUT2D eigenvalue weighted by Crippen LogP contribution is 2.19. The molecule has 0 saturated heterocycles. The van der Waals surface area contributed by atoms with Crippen molar-refractivity contribution in [3.63, 3.8) is 0 Å². The molecule has 0 aliphatic carbocycles. The molecule has 0 spiro atoms. The van der Waals surface area contributed by atoms with Gasteiger partial charge in [0.05, 0.1) is 0 Å². The van der Waals surface area contributed by atoms with Crippen LogP contribution in [-0.4, -0.2) is 21.4 Å². The number of nitrogens with zero attached hydrogens (tertiary/aromatic N) is 2. The van der Waals surface area contributed by atoms with Crippen LogP contribution in [0.2, 0.25) is 0 Å². The van der Waals surface area contributed by atoms with Crippen molar-refractivity contribution in [2.45, 2.75) is 45.6 Å². The van der Waals surface area contributed by atoms with Crippen LogP contribution in [0.4, 0.5) is 10.6 Å². The van der Waals surface area contributed by atoms with Crippen molar-refractivity contribution in [2.24, 2.45) is 7.05 Å². The number of carbonyl (C=O) groups is 1. The summed E-state index contributed by atoms with van der Waals surface area (Å²) in [6.07, 6.45) is 4.57. The van der Waals surface area contributed by atoms with Gasteiger partial charge in [0, 0.05) is 24.8 Å². The second-order valence-electron chi connectivity index (χ2n) is 4.29. The van der Waals surface area contributed by atoms with E-state index in [-0.39, 0.29) is 11.6 Å². The molecule has 1 aromatic heterocycles. The van der Waals surface area contributed by atoms with E-state index >= 15 is 0 Å². The monoisotopic (exact) mass is 238 g/mol. The first kappa shape index (κ1) is 13.5. The van der Waals surface area contributed by atoms with Crippen molar-refractivity contribution in [3.8, 4) is 0 Å². The molecule has 0 fully saturated rings. The van der Waals surface area contributed by atoms with Gasteiger partial charge in [-0.15, -0.1) is 0 Å². The Bertz CT molecular complexity index is 360. The number of carbonyl (C=O) groups excluding carboxylic acids is 1. The van der Waals surface area contributed by atoms with E-state index in [0.717, 1.165) is 19.3 Å². The Kier molecular flexibility index (Phi) is 4.54. The first-order valence-corrected chi connectivity index (χ1v) is 6.14. The number of rotatable bonds is 5. The summed E-state index contributed by atoms with van der Waals surface area (Å²) in [7, 11) is 1.82. The lowest BCUT2D eigenvalue weighted by Crippen LogP contribution is -2.48. The molecule has 0 bridgehead atoms. The highest BCUT2D eigenvalue weighted by atomic mass is 16.2. The van der Waals surface area contributed by atoms with E-state index in [2.05, 4.69) is 36.5 Å². The van der Waals surface area contributed by atoms with Crippen LogP contribution in [0.3, 0.4) is 0 Å². The first-order valence-electron chi connectivity index (χ1n) is 6.14. The standard InChI is InChI=1S/C12H22N4O/c1-5-12(6-2,7-3)14-11(17)13-10-8-9-16(4)15-10/h8-9H,5-7H2,1-4H3,(H2,13,14,15,17). The summed E-state index contributed by atoms with van der Waals surface area (Å²) < 4.78 is 1.66. The molecule has 2 N–H and O–H groups in total. The maximum Gasteiger partial charge on any atom is 0.320 e. The smallest absolute Gasteiger partial charge is 0.320 e. The molecule has 5 heteroatoms. The van der Waals surface area contributed by atoms with Crippen molar-refractivity contribution >= 4 is 11.8 Å². The quantitative estimate of drug-likeness (QED) is 0.828. The highest BCUT2D eigenvalue weighted by molar-refractivity contribution is 5.88. The molecule has 96 valence electrons. The summed E-state index contributed by atoms with van der Waals surface area (Å²) in [6.45, 7) is 6.27. The molecule has 17 heavy (non-hydrogen) atoms. The Labute approximate surface area is 103 Å².